The van der Waals surface area contributed by atoms with Crippen molar-refractivity contribution >= 4 is 79.7 Å². The number of para-hydroxylation sites is 1. The van der Waals surface area contributed by atoms with Crippen molar-refractivity contribution in [2.45, 2.75) is 19.8 Å². The van der Waals surface area contributed by atoms with Crippen LogP contribution in [-0.4, -0.2) is 48.1 Å². The van der Waals surface area contributed by atoms with Gasteiger partial charge >= 0.3 is 0 Å². The summed E-state index contributed by atoms with van der Waals surface area (Å²) in [6.07, 6.45) is 1.53. The summed E-state index contributed by atoms with van der Waals surface area (Å²) in [6.45, 7) is 3.41. The standard InChI is InChI=1S/C30H27BrClN3O6S/c1-17(2)20-6-4-5-7-23(20)34-28(37)16-41-24-11-8-18(12-25(24)40-3)13-26-29(38)35(30(39)42-26)15-27(36)33-19-9-10-21(31)22(32)14-19/h4-14,17H,15-16H2,1-3H3,(H,33,36)(H,34,37)/b26-13-. The Balaban J connectivity index is 1.38. The van der Waals surface area contributed by atoms with Crippen LogP contribution in [0.25, 0.3) is 6.08 Å². The number of nitrogens with one attached hydrogen (secondary N) is 2. The van der Waals surface area contributed by atoms with Crippen LogP contribution in [0.15, 0.2) is 70.0 Å². The van der Waals surface area contributed by atoms with Gasteiger partial charge in [0.05, 0.1) is 17.0 Å². The number of methoxy groups -OCH3 is 1. The Morgan fingerprint density at radius 1 is 1.02 bits per heavy atom. The fourth-order valence-corrected chi connectivity index (χ4v) is 5.31. The molecule has 0 aliphatic carbocycles. The molecular weight excluding hydrogens is 646 g/mol. The predicted molar refractivity (Wildman–Crippen MR) is 168 cm³/mol. The topological polar surface area (TPSA) is 114 Å². The van der Waals surface area contributed by atoms with E-state index in [4.69, 9.17) is 21.1 Å². The molecule has 0 radical (unpaired) electrons. The average Bonchev–Trinajstić information content (AvgIpc) is 3.21. The van der Waals surface area contributed by atoms with Crippen LogP contribution < -0.4 is 20.1 Å². The number of thioether (sulfide) groups is 1. The molecule has 4 rings (SSSR count). The van der Waals surface area contributed by atoms with E-state index in [2.05, 4.69) is 26.6 Å². The van der Waals surface area contributed by atoms with Crippen molar-refractivity contribution in [2.24, 2.45) is 0 Å². The lowest BCUT2D eigenvalue weighted by Crippen LogP contribution is -2.36. The molecule has 1 aliphatic rings. The second kappa shape index (κ2) is 13.9. The summed E-state index contributed by atoms with van der Waals surface area (Å²) in [5, 5.41) is 5.35. The van der Waals surface area contributed by atoms with Crippen LogP contribution in [0.5, 0.6) is 11.5 Å². The molecule has 3 aromatic carbocycles. The highest BCUT2D eigenvalue weighted by molar-refractivity contribution is 9.10. The number of amides is 4. The number of anilines is 2. The van der Waals surface area contributed by atoms with Crippen LogP contribution in [0, 0.1) is 0 Å². The van der Waals surface area contributed by atoms with Crippen molar-refractivity contribution < 1.29 is 28.7 Å². The molecule has 9 nitrogen and oxygen atoms in total. The smallest absolute Gasteiger partial charge is 0.294 e. The molecule has 0 unspecified atom stereocenters. The second-order valence-electron chi connectivity index (χ2n) is 9.43. The maximum Gasteiger partial charge on any atom is 0.294 e. The molecular formula is C30H27BrClN3O6S. The zero-order chi connectivity index (χ0) is 30.4. The molecule has 0 atom stereocenters. The lowest BCUT2D eigenvalue weighted by molar-refractivity contribution is -0.127. The van der Waals surface area contributed by atoms with Crippen molar-refractivity contribution in [2.75, 3.05) is 30.9 Å². The summed E-state index contributed by atoms with van der Waals surface area (Å²) in [5.74, 6) is -0.547. The maximum atomic E-state index is 12.9. The van der Waals surface area contributed by atoms with Gasteiger partial charge in [0.25, 0.3) is 17.1 Å². The molecule has 1 saturated heterocycles. The van der Waals surface area contributed by atoms with Gasteiger partial charge in [-0.3, -0.25) is 24.1 Å². The number of carbonyl (C=O) groups excluding carboxylic acids is 4. The number of ether oxygens (including phenoxy) is 2. The summed E-state index contributed by atoms with van der Waals surface area (Å²) >= 11 is 10.1. The number of rotatable bonds is 10. The van der Waals surface area contributed by atoms with Crippen LogP contribution in [-0.2, 0) is 14.4 Å². The normalized spacial score (nSPS) is 14.0. The third kappa shape index (κ3) is 7.72. The van der Waals surface area contributed by atoms with Crippen LogP contribution in [0.4, 0.5) is 16.2 Å². The average molecular weight is 673 g/mol. The molecule has 218 valence electrons. The van der Waals surface area contributed by atoms with Gasteiger partial charge in [-0.25, -0.2) is 0 Å². The van der Waals surface area contributed by atoms with Gasteiger partial charge in [0.15, 0.2) is 18.1 Å². The predicted octanol–water partition coefficient (Wildman–Crippen LogP) is 6.93. The maximum absolute atomic E-state index is 12.9. The Morgan fingerprint density at radius 2 is 1.79 bits per heavy atom. The van der Waals surface area contributed by atoms with E-state index in [9.17, 15) is 19.2 Å². The van der Waals surface area contributed by atoms with E-state index in [1.54, 1.807) is 36.4 Å². The third-order valence-electron chi connectivity index (χ3n) is 6.08. The fourth-order valence-electron chi connectivity index (χ4n) is 4.04. The molecule has 1 aliphatic heterocycles. The summed E-state index contributed by atoms with van der Waals surface area (Å²) in [4.78, 5) is 51.5. The molecule has 0 saturated carbocycles. The van der Waals surface area contributed by atoms with Crippen LogP contribution >= 0.6 is 39.3 Å². The van der Waals surface area contributed by atoms with Gasteiger partial charge in [-0.05, 0) is 87.2 Å². The number of imide groups is 1. The minimum atomic E-state index is -0.591. The first-order valence-corrected chi connectivity index (χ1v) is 14.7. The fraction of sp³-hybridized carbons (Fsp3) is 0.200. The Kier molecular flexibility index (Phi) is 10.3. The number of benzene rings is 3. The number of halogens is 2. The number of hydrogen-bond donors (Lipinski definition) is 2. The summed E-state index contributed by atoms with van der Waals surface area (Å²) in [6, 6.07) is 17.4. The molecule has 1 heterocycles. The van der Waals surface area contributed by atoms with Gasteiger partial charge in [-0.1, -0.05) is 49.7 Å². The molecule has 1 fully saturated rings. The van der Waals surface area contributed by atoms with Crippen molar-refractivity contribution in [3.05, 3.63) is 86.2 Å². The highest BCUT2D eigenvalue weighted by atomic mass is 79.9. The number of carbonyl (C=O) groups is 4. The first kappa shape index (κ1) is 31.1. The monoisotopic (exact) mass is 671 g/mol. The van der Waals surface area contributed by atoms with Gasteiger partial charge in [-0.15, -0.1) is 0 Å². The van der Waals surface area contributed by atoms with Crippen molar-refractivity contribution in [3.8, 4) is 11.5 Å². The Morgan fingerprint density at radius 3 is 2.50 bits per heavy atom. The van der Waals surface area contributed by atoms with Crippen molar-refractivity contribution in [3.63, 3.8) is 0 Å². The van der Waals surface area contributed by atoms with E-state index >= 15 is 0 Å². The SMILES string of the molecule is COc1cc(/C=C2\SC(=O)N(CC(=O)Nc3ccc(Br)c(Cl)c3)C2=O)ccc1OCC(=O)Nc1ccccc1C(C)C. The summed E-state index contributed by atoms with van der Waals surface area (Å²) in [5.41, 5.74) is 2.75. The van der Waals surface area contributed by atoms with E-state index in [0.717, 1.165) is 27.9 Å². The van der Waals surface area contributed by atoms with Crippen molar-refractivity contribution in [1.29, 1.82) is 0 Å². The molecule has 0 aromatic heterocycles. The van der Waals surface area contributed by atoms with E-state index in [-0.39, 0.29) is 23.3 Å². The minimum absolute atomic E-state index is 0.151. The largest absolute Gasteiger partial charge is 0.493 e. The molecule has 12 heteroatoms. The Bertz CT molecular complexity index is 1580. The zero-order valence-electron chi connectivity index (χ0n) is 22.9. The number of nitrogens with zero attached hydrogens (tertiary/aromatic N) is 1. The van der Waals surface area contributed by atoms with Crippen LogP contribution in [0.2, 0.25) is 5.02 Å². The summed E-state index contributed by atoms with van der Waals surface area (Å²) < 4.78 is 11.8. The number of hydrogen-bond acceptors (Lipinski definition) is 7. The zero-order valence-corrected chi connectivity index (χ0v) is 26.1. The lowest BCUT2D eigenvalue weighted by Gasteiger charge is -2.15. The summed E-state index contributed by atoms with van der Waals surface area (Å²) in [7, 11) is 1.45. The van der Waals surface area contributed by atoms with E-state index in [1.165, 1.54) is 13.2 Å². The third-order valence-corrected chi connectivity index (χ3v) is 8.22. The van der Waals surface area contributed by atoms with Crippen LogP contribution in [0.1, 0.15) is 30.9 Å². The van der Waals surface area contributed by atoms with Gasteiger partial charge in [0.2, 0.25) is 5.91 Å². The Hall–Kier alpha value is -3.80. The van der Waals surface area contributed by atoms with Crippen molar-refractivity contribution in [1.82, 2.24) is 4.90 Å². The minimum Gasteiger partial charge on any atom is -0.493 e. The molecule has 42 heavy (non-hydrogen) atoms. The highest BCUT2D eigenvalue weighted by Crippen LogP contribution is 2.35. The van der Waals surface area contributed by atoms with Gasteiger partial charge < -0.3 is 20.1 Å². The second-order valence-corrected chi connectivity index (χ2v) is 11.7. The van der Waals surface area contributed by atoms with E-state index in [1.807, 2.05) is 38.1 Å². The van der Waals surface area contributed by atoms with Gasteiger partial charge in [0, 0.05) is 15.8 Å². The van der Waals surface area contributed by atoms with E-state index < -0.39 is 23.6 Å². The van der Waals surface area contributed by atoms with E-state index in [0.29, 0.717) is 32.2 Å². The molecule has 2 N–H and O–H groups in total. The van der Waals surface area contributed by atoms with Gasteiger partial charge in [0.1, 0.15) is 6.54 Å². The molecule has 4 amide bonds. The first-order chi connectivity index (χ1) is 20.0. The van der Waals surface area contributed by atoms with Gasteiger partial charge in [-0.2, -0.15) is 0 Å². The van der Waals surface area contributed by atoms with Crippen LogP contribution in [0.3, 0.4) is 0 Å². The lowest BCUT2D eigenvalue weighted by atomic mass is 10.0. The highest BCUT2D eigenvalue weighted by Gasteiger charge is 2.36. The first-order valence-electron chi connectivity index (χ1n) is 12.8. The molecule has 0 bridgehead atoms. The Labute approximate surface area is 260 Å². The molecule has 0 spiro atoms. The quantitative estimate of drug-likeness (QED) is 0.225. The molecule has 3 aromatic rings.